The number of hydrogen-bond acceptors (Lipinski definition) is 5. The maximum Gasteiger partial charge on any atom is 0.387 e. The molecule has 0 aliphatic carbocycles. The third kappa shape index (κ3) is 7.54. The maximum absolute atomic E-state index is 12.4. The number of methoxy groups -OCH3 is 1. The summed E-state index contributed by atoms with van der Waals surface area (Å²) in [4.78, 5) is 25.2. The minimum atomic E-state index is -2.99. The van der Waals surface area contributed by atoms with Crippen LogP contribution in [0, 0.1) is 0 Å². The van der Waals surface area contributed by atoms with Gasteiger partial charge in [-0.15, -0.1) is 0 Å². The van der Waals surface area contributed by atoms with Crippen molar-refractivity contribution in [3.8, 4) is 11.5 Å². The first kappa shape index (κ1) is 21.5. The molecule has 7 nitrogen and oxygen atoms in total. The minimum absolute atomic E-state index is 0.0832. The number of benzene rings is 1. The number of amides is 2. The van der Waals surface area contributed by atoms with E-state index in [1.165, 1.54) is 31.2 Å². The molecule has 0 aromatic heterocycles. The van der Waals surface area contributed by atoms with Gasteiger partial charge in [0.05, 0.1) is 20.2 Å². The first-order valence-corrected chi connectivity index (χ1v) is 7.93. The van der Waals surface area contributed by atoms with Crippen LogP contribution in [0.15, 0.2) is 18.2 Å². The Morgan fingerprint density at radius 3 is 2.42 bits per heavy atom. The number of anilines is 1. The van der Waals surface area contributed by atoms with Crippen LogP contribution in [0.2, 0.25) is 0 Å². The molecule has 0 atom stereocenters. The summed E-state index contributed by atoms with van der Waals surface area (Å²) in [5.74, 6) is -0.595. The summed E-state index contributed by atoms with van der Waals surface area (Å²) in [6.45, 7) is 2.35. The van der Waals surface area contributed by atoms with Gasteiger partial charge in [0.25, 0.3) is 0 Å². The Bertz CT molecular complexity index is 633. The fourth-order valence-corrected chi connectivity index (χ4v) is 2.05. The van der Waals surface area contributed by atoms with E-state index in [1.54, 1.807) is 6.07 Å². The molecule has 1 aromatic carbocycles. The summed E-state index contributed by atoms with van der Waals surface area (Å²) in [7, 11) is 2.84. The van der Waals surface area contributed by atoms with Gasteiger partial charge in [0.1, 0.15) is 0 Å². The van der Waals surface area contributed by atoms with Crippen LogP contribution >= 0.6 is 0 Å². The van der Waals surface area contributed by atoms with E-state index < -0.39 is 6.61 Å². The van der Waals surface area contributed by atoms with Crippen molar-refractivity contribution < 1.29 is 27.8 Å². The number of rotatable bonds is 8. The van der Waals surface area contributed by atoms with Crippen molar-refractivity contribution in [1.82, 2.24) is 10.2 Å². The molecule has 2 N–H and O–H groups in total. The summed E-state index contributed by atoms with van der Waals surface area (Å²) in [5, 5.41) is 5.57. The van der Waals surface area contributed by atoms with Crippen LogP contribution in [0.4, 0.5) is 14.5 Å². The number of hydrogen-bond donors (Lipinski definition) is 2. The SMILES string of the molecule is COc1ccc(NCC(=O)N(C)CC(=O)NC(C)(C)C)cc1OC(F)F. The highest BCUT2D eigenvalue weighted by Crippen LogP contribution is 2.31. The molecule has 0 unspecified atom stereocenters. The lowest BCUT2D eigenvalue weighted by molar-refractivity contribution is -0.133. The Morgan fingerprint density at radius 2 is 1.88 bits per heavy atom. The summed E-state index contributed by atoms with van der Waals surface area (Å²) in [6, 6.07) is 4.33. The molecule has 0 saturated carbocycles. The predicted octanol–water partition coefficient (Wildman–Crippen LogP) is 2.08. The fraction of sp³-hybridized carbons (Fsp3) is 0.529. The van der Waals surface area contributed by atoms with Crippen molar-refractivity contribution in [3.05, 3.63) is 18.2 Å². The summed E-state index contributed by atoms with van der Waals surface area (Å²) >= 11 is 0. The topological polar surface area (TPSA) is 79.9 Å². The van der Waals surface area contributed by atoms with Gasteiger partial charge in [0.15, 0.2) is 11.5 Å². The zero-order valence-corrected chi connectivity index (χ0v) is 15.6. The standard InChI is InChI=1S/C17H25F2N3O4/c1-17(2,3)21-14(23)10-22(4)15(24)9-20-11-6-7-12(25-5)13(8-11)26-16(18)19/h6-8,16,20H,9-10H2,1-5H3,(H,21,23). The Kier molecular flexibility index (Phi) is 7.60. The Balaban J connectivity index is 2.62. The molecule has 2 amide bonds. The summed E-state index contributed by atoms with van der Waals surface area (Å²) in [6.07, 6.45) is 0. The highest BCUT2D eigenvalue weighted by atomic mass is 19.3. The van der Waals surface area contributed by atoms with Crippen molar-refractivity contribution >= 4 is 17.5 Å². The largest absolute Gasteiger partial charge is 0.493 e. The molecule has 0 radical (unpaired) electrons. The van der Waals surface area contributed by atoms with E-state index in [1.807, 2.05) is 20.8 Å². The molecule has 146 valence electrons. The first-order chi connectivity index (χ1) is 12.0. The molecule has 1 aromatic rings. The minimum Gasteiger partial charge on any atom is -0.493 e. The van der Waals surface area contributed by atoms with E-state index in [2.05, 4.69) is 15.4 Å². The maximum atomic E-state index is 12.4. The van der Waals surface area contributed by atoms with Gasteiger partial charge in [-0.3, -0.25) is 9.59 Å². The normalized spacial score (nSPS) is 11.1. The number of carbonyl (C=O) groups is 2. The van der Waals surface area contributed by atoms with Crippen molar-refractivity contribution in [2.75, 3.05) is 32.6 Å². The average Bonchev–Trinajstić information content (AvgIpc) is 2.50. The average molecular weight is 373 g/mol. The van der Waals surface area contributed by atoms with Gasteiger partial charge in [-0.05, 0) is 32.9 Å². The van der Waals surface area contributed by atoms with Crippen molar-refractivity contribution in [1.29, 1.82) is 0 Å². The number of likely N-dealkylation sites (N-methyl/N-ethyl adjacent to an activating group) is 1. The van der Waals surface area contributed by atoms with E-state index in [0.717, 1.165) is 0 Å². The van der Waals surface area contributed by atoms with Gasteiger partial charge in [-0.25, -0.2) is 0 Å². The van der Waals surface area contributed by atoms with Gasteiger partial charge in [0, 0.05) is 24.3 Å². The first-order valence-electron chi connectivity index (χ1n) is 7.93. The molecule has 26 heavy (non-hydrogen) atoms. The molecule has 0 aliphatic heterocycles. The van der Waals surface area contributed by atoms with Crippen LogP contribution in [0.1, 0.15) is 20.8 Å². The van der Waals surface area contributed by atoms with Crippen molar-refractivity contribution in [3.63, 3.8) is 0 Å². The highest BCUT2D eigenvalue weighted by Gasteiger charge is 2.18. The molecule has 0 spiro atoms. The lowest BCUT2D eigenvalue weighted by atomic mass is 10.1. The van der Waals surface area contributed by atoms with E-state index in [9.17, 15) is 18.4 Å². The van der Waals surface area contributed by atoms with Gasteiger partial charge in [-0.2, -0.15) is 8.78 Å². The number of halogens is 2. The number of ether oxygens (including phenoxy) is 2. The third-order valence-electron chi connectivity index (χ3n) is 3.14. The Hall–Kier alpha value is -2.58. The quantitative estimate of drug-likeness (QED) is 0.729. The van der Waals surface area contributed by atoms with Crippen LogP contribution in [-0.4, -0.2) is 56.1 Å². The van der Waals surface area contributed by atoms with Crippen LogP contribution in [-0.2, 0) is 9.59 Å². The van der Waals surface area contributed by atoms with Crippen LogP contribution in [0.5, 0.6) is 11.5 Å². The van der Waals surface area contributed by atoms with Gasteiger partial charge in [-0.1, -0.05) is 0 Å². The van der Waals surface area contributed by atoms with E-state index in [4.69, 9.17) is 4.74 Å². The molecule has 0 fully saturated rings. The smallest absolute Gasteiger partial charge is 0.387 e. The summed E-state index contributed by atoms with van der Waals surface area (Å²) < 4.78 is 34.2. The second-order valence-corrected chi connectivity index (χ2v) is 6.65. The molecule has 9 heteroatoms. The molecule has 0 bridgehead atoms. The van der Waals surface area contributed by atoms with E-state index in [-0.39, 0.29) is 41.9 Å². The second kappa shape index (κ2) is 9.21. The Morgan fingerprint density at radius 1 is 1.23 bits per heavy atom. The van der Waals surface area contributed by atoms with Gasteiger partial charge < -0.3 is 25.0 Å². The zero-order valence-electron chi connectivity index (χ0n) is 15.6. The molecule has 0 saturated heterocycles. The van der Waals surface area contributed by atoms with E-state index in [0.29, 0.717) is 5.69 Å². The van der Waals surface area contributed by atoms with E-state index >= 15 is 0 Å². The zero-order chi connectivity index (χ0) is 19.9. The molecule has 0 heterocycles. The Labute approximate surface area is 151 Å². The van der Waals surface area contributed by atoms with Crippen LogP contribution in [0.3, 0.4) is 0 Å². The fourth-order valence-electron chi connectivity index (χ4n) is 2.05. The third-order valence-corrected chi connectivity index (χ3v) is 3.14. The van der Waals surface area contributed by atoms with Crippen molar-refractivity contribution in [2.45, 2.75) is 32.9 Å². The van der Waals surface area contributed by atoms with Crippen LogP contribution < -0.4 is 20.1 Å². The van der Waals surface area contributed by atoms with Gasteiger partial charge in [0.2, 0.25) is 11.8 Å². The lowest BCUT2D eigenvalue weighted by Crippen LogP contribution is -2.47. The number of alkyl halides is 2. The molecular formula is C17H25F2N3O4. The van der Waals surface area contributed by atoms with Crippen LogP contribution in [0.25, 0.3) is 0 Å². The molecule has 0 aliphatic rings. The monoisotopic (exact) mass is 373 g/mol. The lowest BCUT2D eigenvalue weighted by Gasteiger charge is -2.23. The predicted molar refractivity (Wildman–Crippen MR) is 93.6 cm³/mol. The number of nitrogens with one attached hydrogen (secondary N) is 2. The molecule has 1 rings (SSSR count). The number of carbonyl (C=O) groups excluding carboxylic acids is 2. The number of nitrogens with zero attached hydrogens (tertiary/aromatic N) is 1. The second-order valence-electron chi connectivity index (χ2n) is 6.65. The van der Waals surface area contributed by atoms with Crippen molar-refractivity contribution in [2.24, 2.45) is 0 Å². The summed E-state index contributed by atoms with van der Waals surface area (Å²) in [5.41, 5.74) is 0.0194. The van der Waals surface area contributed by atoms with Gasteiger partial charge >= 0.3 is 6.61 Å². The molecular weight excluding hydrogens is 348 g/mol. The highest BCUT2D eigenvalue weighted by molar-refractivity contribution is 5.87.